The number of aromatic nitrogens is 3. The van der Waals surface area contributed by atoms with E-state index in [4.69, 9.17) is 4.74 Å². The maximum atomic E-state index is 13.1. The van der Waals surface area contributed by atoms with E-state index < -0.39 is 0 Å². The molecule has 2 aliphatic rings. The average Bonchev–Trinajstić information content (AvgIpc) is 3.37. The van der Waals surface area contributed by atoms with Gasteiger partial charge in [0, 0.05) is 38.0 Å². The molecule has 0 saturated heterocycles. The summed E-state index contributed by atoms with van der Waals surface area (Å²) in [5, 5.41) is 3.00. The summed E-state index contributed by atoms with van der Waals surface area (Å²) in [5.41, 5.74) is 3.71. The van der Waals surface area contributed by atoms with Crippen molar-refractivity contribution in [2.45, 2.75) is 51.4 Å². The van der Waals surface area contributed by atoms with Crippen molar-refractivity contribution < 1.29 is 14.3 Å². The summed E-state index contributed by atoms with van der Waals surface area (Å²) < 4.78 is 5.62. The minimum Gasteiger partial charge on any atom is -0.379 e. The summed E-state index contributed by atoms with van der Waals surface area (Å²) in [7, 11) is 1.63. The molecule has 3 heterocycles. The number of aromatic amines is 1. The van der Waals surface area contributed by atoms with Gasteiger partial charge in [-0.1, -0.05) is 0 Å². The average molecular weight is 383 g/mol. The van der Waals surface area contributed by atoms with E-state index in [1.165, 1.54) is 18.1 Å². The molecular weight excluding hydrogens is 358 g/mol. The third-order valence-corrected chi connectivity index (χ3v) is 5.76. The minimum absolute atomic E-state index is 0.0892. The number of nitrogens with zero attached hydrogens (tertiary/aromatic N) is 3. The summed E-state index contributed by atoms with van der Waals surface area (Å²) >= 11 is 0. The van der Waals surface area contributed by atoms with Crippen molar-refractivity contribution in [3.8, 4) is 0 Å². The lowest BCUT2D eigenvalue weighted by Gasteiger charge is -2.36. The molecule has 2 N–H and O–H groups in total. The molecule has 4 rings (SSSR count). The number of aryl methyl sites for hydroxylation is 1. The second-order valence-electron chi connectivity index (χ2n) is 7.62. The van der Waals surface area contributed by atoms with Crippen molar-refractivity contribution >= 4 is 11.8 Å². The Morgan fingerprint density at radius 1 is 1.25 bits per heavy atom. The fourth-order valence-electron chi connectivity index (χ4n) is 4.22. The molecule has 1 aliphatic carbocycles. The Bertz CT molecular complexity index is 867. The molecule has 1 saturated carbocycles. The van der Waals surface area contributed by atoms with E-state index in [-0.39, 0.29) is 29.9 Å². The smallest absolute Gasteiger partial charge is 0.269 e. The van der Waals surface area contributed by atoms with Crippen LogP contribution in [0.3, 0.4) is 0 Å². The van der Waals surface area contributed by atoms with Gasteiger partial charge in [-0.2, -0.15) is 0 Å². The van der Waals surface area contributed by atoms with Crippen LogP contribution < -0.4 is 5.32 Å². The Morgan fingerprint density at radius 2 is 2.07 bits per heavy atom. The predicted molar refractivity (Wildman–Crippen MR) is 101 cm³/mol. The van der Waals surface area contributed by atoms with Gasteiger partial charge in [0.2, 0.25) is 5.91 Å². The van der Waals surface area contributed by atoms with Crippen molar-refractivity contribution in [1.29, 1.82) is 0 Å². The molecule has 1 fully saturated rings. The van der Waals surface area contributed by atoms with Crippen LogP contribution in [-0.4, -0.2) is 50.9 Å². The van der Waals surface area contributed by atoms with Gasteiger partial charge >= 0.3 is 0 Å². The Balaban J connectivity index is 1.37. The highest BCUT2D eigenvalue weighted by atomic mass is 16.5. The number of ether oxygens (including phenoxy) is 1. The van der Waals surface area contributed by atoms with Crippen LogP contribution in [0.2, 0.25) is 0 Å². The molecule has 2 amide bonds. The van der Waals surface area contributed by atoms with Gasteiger partial charge in [-0.25, -0.2) is 4.98 Å². The van der Waals surface area contributed by atoms with Crippen molar-refractivity contribution in [1.82, 2.24) is 25.2 Å². The lowest BCUT2D eigenvalue weighted by molar-refractivity contribution is -0.139. The summed E-state index contributed by atoms with van der Waals surface area (Å²) in [6.07, 6.45) is 6.69. The lowest BCUT2D eigenvalue weighted by Crippen LogP contribution is -2.49. The molecule has 0 radical (unpaired) electrons. The van der Waals surface area contributed by atoms with Crippen molar-refractivity contribution in [2.75, 3.05) is 7.11 Å². The van der Waals surface area contributed by atoms with Gasteiger partial charge in [0.25, 0.3) is 5.91 Å². The number of pyridine rings is 1. The maximum absolute atomic E-state index is 13.1. The van der Waals surface area contributed by atoms with Crippen LogP contribution in [-0.2, 0) is 22.6 Å². The number of fused-ring (bicyclic) bond motifs is 1. The molecule has 0 spiro atoms. The van der Waals surface area contributed by atoms with E-state index in [0.29, 0.717) is 31.6 Å². The van der Waals surface area contributed by atoms with Gasteiger partial charge in [-0.15, -0.1) is 0 Å². The number of hydrogen-bond acceptors (Lipinski definition) is 5. The van der Waals surface area contributed by atoms with Crippen LogP contribution in [0.1, 0.15) is 46.6 Å². The van der Waals surface area contributed by atoms with Gasteiger partial charge in [-0.3, -0.25) is 14.6 Å². The van der Waals surface area contributed by atoms with Crippen molar-refractivity contribution in [3.63, 3.8) is 0 Å². The number of imidazole rings is 1. The Kier molecular flexibility index (Phi) is 5.13. The minimum atomic E-state index is -0.202. The molecule has 8 heteroatoms. The number of carbonyl (C=O) groups excluding carboxylic acids is 2. The van der Waals surface area contributed by atoms with E-state index in [1.54, 1.807) is 7.11 Å². The van der Waals surface area contributed by atoms with E-state index >= 15 is 0 Å². The normalized spacial score (nSPS) is 24.1. The van der Waals surface area contributed by atoms with Crippen LogP contribution in [0.15, 0.2) is 24.8 Å². The van der Waals surface area contributed by atoms with Crippen LogP contribution in [0.5, 0.6) is 0 Å². The van der Waals surface area contributed by atoms with Crippen molar-refractivity contribution in [2.24, 2.45) is 5.92 Å². The van der Waals surface area contributed by atoms with Gasteiger partial charge in [0.15, 0.2) is 0 Å². The van der Waals surface area contributed by atoms with Crippen molar-refractivity contribution in [3.05, 3.63) is 47.3 Å². The quantitative estimate of drug-likeness (QED) is 0.835. The topological polar surface area (TPSA) is 100 Å². The first-order chi connectivity index (χ1) is 13.5. The fraction of sp³-hybridized carbons (Fsp3) is 0.500. The van der Waals surface area contributed by atoms with E-state index in [9.17, 15) is 9.59 Å². The van der Waals surface area contributed by atoms with Gasteiger partial charge in [-0.05, 0) is 43.4 Å². The van der Waals surface area contributed by atoms with Gasteiger partial charge in [0.1, 0.15) is 5.69 Å². The monoisotopic (exact) mass is 383 g/mol. The number of amides is 2. The maximum Gasteiger partial charge on any atom is 0.269 e. The standard InChI is InChI=1S/C20H25N5O3/c1-12-5-14-9-25(10-15(14)7-22-12)20(27)13-3-4-16(18(6-13)28-2)24-19(26)17-8-21-11-23-17/h5,7-8,11,13,16,18H,3-4,6,9-10H2,1-2H3,(H,21,23)(H,24,26)/t13-,16+,18+/m0/s1. The molecule has 0 aromatic carbocycles. The Morgan fingerprint density at radius 3 is 2.82 bits per heavy atom. The zero-order valence-corrected chi connectivity index (χ0v) is 16.1. The zero-order chi connectivity index (χ0) is 19.7. The van der Waals surface area contributed by atoms with E-state index in [2.05, 4.69) is 26.3 Å². The van der Waals surface area contributed by atoms with Crippen LogP contribution in [0.4, 0.5) is 0 Å². The number of methoxy groups -OCH3 is 1. The van der Waals surface area contributed by atoms with Crippen LogP contribution in [0, 0.1) is 12.8 Å². The third kappa shape index (κ3) is 3.64. The van der Waals surface area contributed by atoms with E-state index in [1.807, 2.05) is 18.0 Å². The highest BCUT2D eigenvalue weighted by molar-refractivity contribution is 5.92. The summed E-state index contributed by atoms with van der Waals surface area (Å²) in [6, 6.07) is 1.94. The largest absolute Gasteiger partial charge is 0.379 e. The summed E-state index contributed by atoms with van der Waals surface area (Å²) in [6.45, 7) is 3.23. The third-order valence-electron chi connectivity index (χ3n) is 5.76. The second-order valence-corrected chi connectivity index (χ2v) is 7.62. The number of rotatable bonds is 4. The molecule has 0 bridgehead atoms. The molecule has 2 aromatic rings. The first-order valence-corrected chi connectivity index (χ1v) is 9.60. The number of nitrogens with one attached hydrogen (secondary N) is 2. The highest BCUT2D eigenvalue weighted by Crippen LogP contribution is 2.31. The van der Waals surface area contributed by atoms with Gasteiger partial charge < -0.3 is 19.9 Å². The SMILES string of the molecule is CO[C@@H]1C[C@@H](C(=O)N2Cc3cnc(C)cc3C2)CC[C@H]1NC(=O)c1cnc[nH]1. The first-order valence-electron chi connectivity index (χ1n) is 9.60. The molecule has 28 heavy (non-hydrogen) atoms. The highest BCUT2D eigenvalue weighted by Gasteiger charge is 2.38. The van der Waals surface area contributed by atoms with Crippen LogP contribution >= 0.6 is 0 Å². The molecule has 1 aliphatic heterocycles. The van der Waals surface area contributed by atoms with E-state index in [0.717, 1.165) is 17.7 Å². The Hall–Kier alpha value is -2.74. The molecule has 2 aromatic heterocycles. The zero-order valence-electron chi connectivity index (χ0n) is 16.1. The molecule has 0 unspecified atom stereocenters. The second kappa shape index (κ2) is 7.71. The predicted octanol–water partition coefficient (Wildman–Crippen LogP) is 1.57. The van der Waals surface area contributed by atoms with Gasteiger partial charge in [0.05, 0.1) is 24.7 Å². The number of carbonyl (C=O) groups is 2. The molecular formula is C20H25N5O3. The number of hydrogen-bond donors (Lipinski definition) is 2. The number of H-pyrrole nitrogens is 1. The molecule has 3 atom stereocenters. The summed E-state index contributed by atoms with van der Waals surface area (Å²) in [5.74, 6) is -0.130. The Labute approximate surface area is 163 Å². The molecule has 148 valence electrons. The summed E-state index contributed by atoms with van der Waals surface area (Å²) in [4.78, 5) is 38.3. The lowest BCUT2D eigenvalue weighted by atomic mass is 9.82. The first kappa shape index (κ1) is 18.6. The molecule has 8 nitrogen and oxygen atoms in total. The van der Waals surface area contributed by atoms with Crippen LogP contribution in [0.25, 0.3) is 0 Å². The fourth-order valence-corrected chi connectivity index (χ4v) is 4.22.